The highest BCUT2D eigenvalue weighted by molar-refractivity contribution is 5.94. The number of amides is 1. The van der Waals surface area contributed by atoms with E-state index >= 15 is 0 Å². The van der Waals surface area contributed by atoms with Gasteiger partial charge in [-0.3, -0.25) is 4.79 Å². The number of benzene rings is 2. The van der Waals surface area contributed by atoms with Gasteiger partial charge in [0.2, 0.25) is 5.91 Å². The van der Waals surface area contributed by atoms with E-state index < -0.39 is 0 Å². The van der Waals surface area contributed by atoms with Gasteiger partial charge < -0.3 is 5.32 Å². The number of para-hydroxylation sites is 1. The Labute approximate surface area is 114 Å². The number of hydrogen-bond acceptors (Lipinski definition) is 1. The van der Waals surface area contributed by atoms with E-state index in [1.165, 1.54) is 18.1 Å². The van der Waals surface area contributed by atoms with Crippen LogP contribution < -0.4 is 5.32 Å². The zero-order chi connectivity index (χ0) is 13.8. The van der Waals surface area contributed by atoms with Crippen molar-refractivity contribution in [1.82, 2.24) is 0 Å². The SMILES string of the molecule is CC(=O)Nc1ccccc1-c1ccccc1C(C)C. The van der Waals surface area contributed by atoms with Crippen LogP contribution in [0.1, 0.15) is 32.3 Å². The molecule has 0 aliphatic carbocycles. The summed E-state index contributed by atoms with van der Waals surface area (Å²) in [6, 6.07) is 16.3. The van der Waals surface area contributed by atoms with E-state index in [9.17, 15) is 4.79 Å². The lowest BCUT2D eigenvalue weighted by atomic mass is 9.92. The fraction of sp³-hybridized carbons (Fsp3) is 0.235. The van der Waals surface area contributed by atoms with Crippen LogP contribution in [0.5, 0.6) is 0 Å². The van der Waals surface area contributed by atoms with Crippen molar-refractivity contribution in [3.63, 3.8) is 0 Å². The summed E-state index contributed by atoms with van der Waals surface area (Å²) in [5, 5.41) is 2.90. The van der Waals surface area contributed by atoms with Crippen LogP contribution in [0.25, 0.3) is 11.1 Å². The van der Waals surface area contributed by atoms with Crippen molar-refractivity contribution in [3.8, 4) is 11.1 Å². The molecule has 2 aromatic carbocycles. The second-order valence-electron chi connectivity index (χ2n) is 4.97. The number of carbonyl (C=O) groups excluding carboxylic acids is 1. The van der Waals surface area contributed by atoms with E-state index in [1.807, 2.05) is 30.3 Å². The van der Waals surface area contributed by atoms with Crippen LogP contribution in [0.15, 0.2) is 48.5 Å². The van der Waals surface area contributed by atoms with Crippen molar-refractivity contribution in [1.29, 1.82) is 0 Å². The average Bonchev–Trinajstić information content (AvgIpc) is 2.38. The summed E-state index contributed by atoms with van der Waals surface area (Å²) in [6.07, 6.45) is 0. The Balaban J connectivity index is 2.56. The van der Waals surface area contributed by atoms with Gasteiger partial charge in [-0.05, 0) is 23.1 Å². The predicted molar refractivity (Wildman–Crippen MR) is 80.3 cm³/mol. The number of rotatable bonds is 3. The highest BCUT2D eigenvalue weighted by Crippen LogP contribution is 2.33. The Bertz CT molecular complexity index is 587. The minimum absolute atomic E-state index is 0.0468. The highest BCUT2D eigenvalue weighted by Gasteiger charge is 2.11. The van der Waals surface area contributed by atoms with Gasteiger partial charge in [0.25, 0.3) is 0 Å². The quantitative estimate of drug-likeness (QED) is 0.861. The van der Waals surface area contributed by atoms with Crippen LogP contribution in [0, 0.1) is 0 Å². The van der Waals surface area contributed by atoms with E-state index in [4.69, 9.17) is 0 Å². The number of hydrogen-bond donors (Lipinski definition) is 1. The second kappa shape index (κ2) is 5.70. The van der Waals surface area contributed by atoms with Crippen LogP contribution in [0.4, 0.5) is 5.69 Å². The first-order chi connectivity index (χ1) is 9.09. The molecule has 19 heavy (non-hydrogen) atoms. The monoisotopic (exact) mass is 253 g/mol. The molecule has 0 fully saturated rings. The molecule has 2 heteroatoms. The summed E-state index contributed by atoms with van der Waals surface area (Å²) >= 11 is 0. The molecular formula is C17H19NO. The van der Waals surface area contributed by atoms with Crippen LogP contribution in [0.3, 0.4) is 0 Å². The Morgan fingerprint density at radius 3 is 2.16 bits per heavy atom. The molecule has 0 aromatic heterocycles. The Kier molecular flexibility index (Phi) is 4.00. The van der Waals surface area contributed by atoms with Crippen molar-refractivity contribution in [2.24, 2.45) is 0 Å². The van der Waals surface area contributed by atoms with Crippen molar-refractivity contribution in [3.05, 3.63) is 54.1 Å². The van der Waals surface area contributed by atoms with Crippen molar-refractivity contribution in [2.75, 3.05) is 5.32 Å². The Morgan fingerprint density at radius 2 is 1.53 bits per heavy atom. The van der Waals surface area contributed by atoms with Crippen molar-refractivity contribution >= 4 is 11.6 Å². The van der Waals surface area contributed by atoms with E-state index in [1.54, 1.807) is 0 Å². The Morgan fingerprint density at radius 1 is 0.947 bits per heavy atom. The molecule has 2 nitrogen and oxygen atoms in total. The van der Waals surface area contributed by atoms with Crippen LogP contribution in [-0.4, -0.2) is 5.91 Å². The summed E-state index contributed by atoms with van der Waals surface area (Å²) < 4.78 is 0. The third kappa shape index (κ3) is 3.02. The lowest BCUT2D eigenvalue weighted by Gasteiger charge is -2.16. The fourth-order valence-corrected chi connectivity index (χ4v) is 2.26. The summed E-state index contributed by atoms with van der Waals surface area (Å²) in [7, 11) is 0. The molecule has 98 valence electrons. The van der Waals surface area contributed by atoms with E-state index in [-0.39, 0.29) is 5.91 Å². The number of nitrogens with one attached hydrogen (secondary N) is 1. The van der Waals surface area contributed by atoms with Gasteiger partial charge in [0, 0.05) is 18.2 Å². The topological polar surface area (TPSA) is 29.1 Å². The molecule has 0 unspecified atom stereocenters. The van der Waals surface area contributed by atoms with Crippen LogP contribution in [0.2, 0.25) is 0 Å². The van der Waals surface area contributed by atoms with Gasteiger partial charge in [-0.2, -0.15) is 0 Å². The minimum Gasteiger partial charge on any atom is -0.326 e. The third-order valence-electron chi connectivity index (χ3n) is 3.11. The predicted octanol–water partition coefficient (Wildman–Crippen LogP) is 4.44. The molecule has 2 aromatic rings. The zero-order valence-corrected chi connectivity index (χ0v) is 11.6. The maximum absolute atomic E-state index is 11.3. The number of anilines is 1. The maximum Gasteiger partial charge on any atom is 0.221 e. The summed E-state index contributed by atoms with van der Waals surface area (Å²) in [5.41, 5.74) is 4.41. The van der Waals surface area contributed by atoms with Gasteiger partial charge in [0.1, 0.15) is 0 Å². The van der Waals surface area contributed by atoms with Gasteiger partial charge >= 0.3 is 0 Å². The summed E-state index contributed by atoms with van der Waals surface area (Å²) in [5.74, 6) is 0.399. The van der Waals surface area contributed by atoms with Gasteiger partial charge in [-0.1, -0.05) is 56.3 Å². The Hall–Kier alpha value is -2.09. The van der Waals surface area contributed by atoms with Crippen LogP contribution in [-0.2, 0) is 4.79 Å². The molecule has 0 bridgehead atoms. The molecule has 0 aliphatic heterocycles. The smallest absolute Gasteiger partial charge is 0.221 e. The van der Waals surface area contributed by atoms with E-state index in [2.05, 4.69) is 37.4 Å². The fourth-order valence-electron chi connectivity index (χ4n) is 2.26. The molecule has 0 spiro atoms. The standard InChI is InChI=1S/C17H19NO/c1-12(2)14-8-4-5-9-15(14)16-10-6-7-11-17(16)18-13(3)19/h4-12H,1-3H3,(H,18,19). The maximum atomic E-state index is 11.3. The minimum atomic E-state index is -0.0468. The molecule has 0 saturated heterocycles. The van der Waals surface area contributed by atoms with Crippen molar-refractivity contribution < 1.29 is 4.79 Å². The summed E-state index contributed by atoms with van der Waals surface area (Å²) in [4.78, 5) is 11.3. The molecule has 1 N–H and O–H groups in total. The molecular weight excluding hydrogens is 234 g/mol. The third-order valence-corrected chi connectivity index (χ3v) is 3.11. The van der Waals surface area contributed by atoms with E-state index in [0.717, 1.165) is 11.3 Å². The molecule has 0 heterocycles. The second-order valence-corrected chi connectivity index (χ2v) is 4.97. The average molecular weight is 253 g/mol. The molecule has 0 atom stereocenters. The normalized spacial score (nSPS) is 10.5. The molecule has 0 aliphatic rings. The van der Waals surface area contributed by atoms with Crippen LogP contribution >= 0.6 is 0 Å². The highest BCUT2D eigenvalue weighted by atomic mass is 16.1. The molecule has 0 radical (unpaired) electrons. The van der Waals surface area contributed by atoms with Gasteiger partial charge in [0.05, 0.1) is 0 Å². The zero-order valence-electron chi connectivity index (χ0n) is 11.6. The van der Waals surface area contributed by atoms with Crippen molar-refractivity contribution in [2.45, 2.75) is 26.7 Å². The number of carbonyl (C=O) groups is 1. The lowest BCUT2D eigenvalue weighted by Crippen LogP contribution is -2.07. The first kappa shape index (κ1) is 13.3. The van der Waals surface area contributed by atoms with Gasteiger partial charge in [0.15, 0.2) is 0 Å². The van der Waals surface area contributed by atoms with E-state index in [0.29, 0.717) is 5.92 Å². The molecule has 1 amide bonds. The first-order valence-electron chi connectivity index (χ1n) is 6.55. The van der Waals surface area contributed by atoms with Gasteiger partial charge in [-0.25, -0.2) is 0 Å². The summed E-state index contributed by atoms with van der Waals surface area (Å²) in [6.45, 7) is 5.89. The largest absolute Gasteiger partial charge is 0.326 e. The molecule has 2 rings (SSSR count). The van der Waals surface area contributed by atoms with Gasteiger partial charge in [-0.15, -0.1) is 0 Å². The lowest BCUT2D eigenvalue weighted by molar-refractivity contribution is -0.114. The molecule has 0 saturated carbocycles. The first-order valence-corrected chi connectivity index (χ1v) is 6.55.